The predicted octanol–water partition coefficient (Wildman–Crippen LogP) is 1.19. The molecule has 1 heterocycles. The quantitative estimate of drug-likeness (QED) is 0.761. The Balaban J connectivity index is 2.09. The van der Waals surface area contributed by atoms with Gasteiger partial charge in [-0.05, 0) is 31.2 Å². The van der Waals surface area contributed by atoms with E-state index in [-0.39, 0.29) is 24.8 Å². The van der Waals surface area contributed by atoms with Gasteiger partial charge in [0.15, 0.2) is 0 Å². The first kappa shape index (κ1) is 15.5. The number of primary amides is 1. The molecule has 4 N–H and O–H groups in total. The fraction of sp³-hybridized carbons (Fsp3) is 0.500. The Morgan fingerprint density at radius 3 is 2.62 bits per heavy atom. The van der Waals surface area contributed by atoms with Gasteiger partial charge < -0.3 is 16.4 Å². The maximum atomic E-state index is 11.9. The van der Waals surface area contributed by atoms with Gasteiger partial charge in [-0.25, -0.2) is 0 Å². The lowest BCUT2D eigenvalue weighted by Crippen LogP contribution is -2.25. The number of hydrogen-bond acceptors (Lipinski definition) is 4. The van der Waals surface area contributed by atoms with E-state index >= 15 is 0 Å². The van der Waals surface area contributed by atoms with Crippen LogP contribution in [0.1, 0.15) is 47.0 Å². The van der Waals surface area contributed by atoms with Gasteiger partial charge in [0.05, 0.1) is 5.56 Å². The molecule has 0 saturated heterocycles. The van der Waals surface area contributed by atoms with Crippen LogP contribution >= 0.6 is 11.3 Å². The number of nitrogens with two attached hydrogens (primary N) is 1. The van der Waals surface area contributed by atoms with E-state index in [4.69, 9.17) is 5.73 Å². The molecule has 0 radical (unpaired) electrons. The number of hydrogen-bond donors (Lipinski definition) is 3. The van der Waals surface area contributed by atoms with Crippen LogP contribution in [0.15, 0.2) is 0 Å². The molecule has 0 saturated carbocycles. The van der Waals surface area contributed by atoms with Crippen molar-refractivity contribution in [3.05, 3.63) is 16.0 Å². The van der Waals surface area contributed by atoms with Crippen LogP contribution in [-0.2, 0) is 22.4 Å². The van der Waals surface area contributed by atoms with Crippen LogP contribution in [0.4, 0.5) is 5.00 Å². The maximum Gasteiger partial charge on any atom is 0.251 e. The van der Waals surface area contributed by atoms with E-state index < -0.39 is 5.91 Å². The molecule has 114 valence electrons. The third-order valence-corrected chi connectivity index (χ3v) is 4.60. The SMILES string of the molecule is CC(=O)NCCC(=O)Nc1sc2c(c1C(N)=O)CCCC2. The molecule has 7 heteroatoms. The summed E-state index contributed by atoms with van der Waals surface area (Å²) in [7, 11) is 0. The zero-order valence-electron chi connectivity index (χ0n) is 12.0. The van der Waals surface area contributed by atoms with Gasteiger partial charge in [-0.2, -0.15) is 0 Å². The molecule has 1 aliphatic carbocycles. The topological polar surface area (TPSA) is 101 Å². The van der Waals surface area contributed by atoms with Crippen molar-refractivity contribution in [1.82, 2.24) is 5.32 Å². The number of anilines is 1. The highest BCUT2D eigenvalue weighted by Gasteiger charge is 2.24. The fourth-order valence-electron chi connectivity index (χ4n) is 2.46. The van der Waals surface area contributed by atoms with Gasteiger partial charge >= 0.3 is 0 Å². The minimum absolute atomic E-state index is 0.167. The summed E-state index contributed by atoms with van der Waals surface area (Å²) < 4.78 is 0. The average molecular weight is 309 g/mol. The van der Waals surface area contributed by atoms with Gasteiger partial charge in [0.1, 0.15) is 5.00 Å². The van der Waals surface area contributed by atoms with E-state index in [0.717, 1.165) is 36.1 Å². The van der Waals surface area contributed by atoms with Crippen molar-refractivity contribution in [3.63, 3.8) is 0 Å². The van der Waals surface area contributed by atoms with Crippen molar-refractivity contribution in [2.75, 3.05) is 11.9 Å². The minimum Gasteiger partial charge on any atom is -0.365 e. The molecular weight excluding hydrogens is 290 g/mol. The highest BCUT2D eigenvalue weighted by molar-refractivity contribution is 7.17. The first-order chi connectivity index (χ1) is 9.99. The van der Waals surface area contributed by atoms with Crippen molar-refractivity contribution in [3.8, 4) is 0 Å². The lowest BCUT2D eigenvalue weighted by atomic mass is 9.95. The molecule has 6 nitrogen and oxygen atoms in total. The third-order valence-electron chi connectivity index (χ3n) is 3.40. The molecule has 0 unspecified atom stereocenters. The number of thiophene rings is 1. The third kappa shape index (κ3) is 3.81. The van der Waals surface area contributed by atoms with Crippen LogP contribution in [0.2, 0.25) is 0 Å². The second kappa shape index (κ2) is 6.71. The highest BCUT2D eigenvalue weighted by Crippen LogP contribution is 2.37. The zero-order valence-corrected chi connectivity index (χ0v) is 12.8. The lowest BCUT2D eigenvalue weighted by Gasteiger charge is -2.11. The molecule has 0 aliphatic heterocycles. The largest absolute Gasteiger partial charge is 0.365 e. The van der Waals surface area contributed by atoms with Crippen LogP contribution in [-0.4, -0.2) is 24.3 Å². The first-order valence-electron chi connectivity index (χ1n) is 6.97. The molecule has 1 aromatic rings. The van der Waals surface area contributed by atoms with Crippen molar-refractivity contribution < 1.29 is 14.4 Å². The van der Waals surface area contributed by atoms with Gasteiger partial charge in [-0.15, -0.1) is 11.3 Å². The standard InChI is InChI=1S/C14H19N3O3S/c1-8(18)16-7-6-11(19)17-14-12(13(15)20)9-4-2-3-5-10(9)21-14/h2-7H2,1H3,(H2,15,20)(H,16,18)(H,17,19). The maximum absolute atomic E-state index is 11.9. The highest BCUT2D eigenvalue weighted by atomic mass is 32.1. The fourth-order valence-corrected chi connectivity index (χ4v) is 3.77. The number of nitrogens with one attached hydrogen (secondary N) is 2. The molecule has 2 rings (SSSR count). The smallest absolute Gasteiger partial charge is 0.251 e. The van der Waals surface area contributed by atoms with E-state index in [2.05, 4.69) is 10.6 Å². The Hall–Kier alpha value is -1.89. The second-order valence-corrected chi connectivity index (χ2v) is 6.17. The summed E-state index contributed by atoms with van der Waals surface area (Å²) >= 11 is 1.44. The Bertz CT molecular complexity index is 580. The van der Waals surface area contributed by atoms with Crippen molar-refractivity contribution in [2.45, 2.75) is 39.0 Å². The Morgan fingerprint density at radius 1 is 1.24 bits per heavy atom. The monoisotopic (exact) mass is 309 g/mol. The summed E-state index contributed by atoms with van der Waals surface area (Å²) in [6.45, 7) is 1.68. The van der Waals surface area contributed by atoms with Crippen molar-refractivity contribution in [1.29, 1.82) is 0 Å². The Kier molecular flexibility index (Phi) is 4.95. The normalized spacial score (nSPS) is 13.4. The molecule has 0 bridgehead atoms. The Morgan fingerprint density at radius 2 is 1.95 bits per heavy atom. The molecule has 1 aromatic heterocycles. The first-order valence-corrected chi connectivity index (χ1v) is 7.79. The van der Waals surface area contributed by atoms with E-state index in [1.165, 1.54) is 18.3 Å². The molecule has 0 fully saturated rings. The van der Waals surface area contributed by atoms with Gasteiger partial charge in [0.2, 0.25) is 11.8 Å². The van der Waals surface area contributed by atoms with E-state index in [1.807, 2.05) is 0 Å². The number of fused-ring (bicyclic) bond motifs is 1. The van der Waals surface area contributed by atoms with Crippen LogP contribution in [0.25, 0.3) is 0 Å². The van der Waals surface area contributed by atoms with Gasteiger partial charge in [0, 0.05) is 24.8 Å². The number of aryl methyl sites for hydroxylation is 1. The molecule has 3 amide bonds. The van der Waals surface area contributed by atoms with Crippen molar-refractivity contribution in [2.24, 2.45) is 5.73 Å². The number of carbonyl (C=O) groups is 3. The van der Waals surface area contributed by atoms with E-state index in [1.54, 1.807) is 0 Å². The molecular formula is C14H19N3O3S. The second-order valence-electron chi connectivity index (χ2n) is 5.06. The minimum atomic E-state index is -0.494. The number of carbonyl (C=O) groups excluding carboxylic acids is 3. The molecule has 0 aromatic carbocycles. The zero-order chi connectivity index (χ0) is 15.4. The Labute approximate surface area is 127 Å². The summed E-state index contributed by atoms with van der Waals surface area (Å²) in [5.41, 5.74) is 6.92. The summed E-state index contributed by atoms with van der Waals surface area (Å²) in [6.07, 6.45) is 4.08. The summed E-state index contributed by atoms with van der Waals surface area (Å²) in [5, 5.41) is 5.85. The predicted molar refractivity (Wildman–Crippen MR) is 81.4 cm³/mol. The van der Waals surface area contributed by atoms with Crippen molar-refractivity contribution >= 4 is 34.1 Å². The molecule has 0 spiro atoms. The molecule has 0 atom stereocenters. The number of rotatable bonds is 5. The van der Waals surface area contributed by atoms with Gasteiger partial charge in [0.25, 0.3) is 5.91 Å². The lowest BCUT2D eigenvalue weighted by molar-refractivity contribution is -0.119. The van der Waals surface area contributed by atoms with Gasteiger partial charge in [-0.3, -0.25) is 14.4 Å². The van der Waals surface area contributed by atoms with Gasteiger partial charge in [-0.1, -0.05) is 0 Å². The number of amides is 3. The molecule has 1 aliphatic rings. The summed E-state index contributed by atoms with van der Waals surface area (Å²) in [5.74, 6) is -0.899. The van der Waals surface area contributed by atoms with E-state index in [0.29, 0.717) is 10.6 Å². The summed E-state index contributed by atoms with van der Waals surface area (Å²) in [6, 6.07) is 0. The van der Waals surface area contributed by atoms with Crippen LogP contribution in [0, 0.1) is 0 Å². The van der Waals surface area contributed by atoms with Crippen LogP contribution in [0.5, 0.6) is 0 Å². The summed E-state index contributed by atoms with van der Waals surface area (Å²) in [4.78, 5) is 35.4. The molecule has 21 heavy (non-hydrogen) atoms. The van der Waals surface area contributed by atoms with Crippen LogP contribution in [0.3, 0.4) is 0 Å². The average Bonchev–Trinajstić information content (AvgIpc) is 2.75. The van der Waals surface area contributed by atoms with E-state index in [9.17, 15) is 14.4 Å². The van der Waals surface area contributed by atoms with Crippen LogP contribution < -0.4 is 16.4 Å².